The van der Waals surface area contributed by atoms with Crippen molar-refractivity contribution in [1.82, 2.24) is 15.0 Å². The highest BCUT2D eigenvalue weighted by Gasteiger charge is 2.23. The molecule has 1 heterocycles. The summed E-state index contributed by atoms with van der Waals surface area (Å²) in [6.07, 6.45) is 7.63. The van der Waals surface area contributed by atoms with Crippen LogP contribution in [0.1, 0.15) is 45.4 Å². The van der Waals surface area contributed by atoms with E-state index in [1.165, 1.54) is 39.2 Å². The number of hydrogen-bond donors (Lipinski definition) is 2. The van der Waals surface area contributed by atoms with Crippen molar-refractivity contribution < 1.29 is 4.74 Å². The molecule has 3 N–H and O–H groups in total. The average Bonchev–Trinajstić information content (AvgIpc) is 2.45. The van der Waals surface area contributed by atoms with Gasteiger partial charge in [-0.25, -0.2) is 0 Å². The number of nitrogens with two attached hydrogens (primary N) is 1. The molecule has 106 valence electrons. The van der Waals surface area contributed by atoms with E-state index in [1.54, 1.807) is 0 Å². The number of nitrogen functional groups attached to an aromatic ring is 1. The molecule has 6 nitrogen and oxygen atoms in total. The average molecular weight is 265 g/mol. The van der Waals surface area contributed by atoms with Crippen molar-refractivity contribution in [2.24, 2.45) is 5.92 Å². The van der Waals surface area contributed by atoms with E-state index in [1.807, 2.05) is 0 Å². The molecule has 1 aromatic heterocycles. The quantitative estimate of drug-likeness (QED) is 0.849. The first-order valence-electron chi connectivity index (χ1n) is 7.05. The molecule has 1 atom stereocenters. The van der Waals surface area contributed by atoms with Crippen LogP contribution in [0.3, 0.4) is 0 Å². The second-order valence-electron chi connectivity index (χ2n) is 5.06. The summed E-state index contributed by atoms with van der Waals surface area (Å²) in [7, 11) is 1.52. The Bertz CT molecular complexity index is 406. The second-order valence-corrected chi connectivity index (χ2v) is 5.06. The molecule has 1 unspecified atom stereocenters. The highest BCUT2D eigenvalue weighted by molar-refractivity contribution is 5.33. The fraction of sp³-hybridized carbons (Fsp3) is 0.769. The Hall–Kier alpha value is -1.59. The maximum atomic E-state index is 5.65. The van der Waals surface area contributed by atoms with Gasteiger partial charge in [-0.05, 0) is 25.2 Å². The molecule has 0 bridgehead atoms. The third kappa shape index (κ3) is 3.68. The molecular formula is C13H23N5O. The summed E-state index contributed by atoms with van der Waals surface area (Å²) in [5.41, 5.74) is 5.65. The normalized spacial score (nSPS) is 18.0. The zero-order valence-electron chi connectivity index (χ0n) is 11.7. The monoisotopic (exact) mass is 265 g/mol. The summed E-state index contributed by atoms with van der Waals surface area (Å²) < 4.78 is 5.01. The largest absolute Gasteiger partial charge is 0.467 e. The molecule has 19 heavy (non-hydrogen) atoms. The van der Waals surface area contributed by atoms with Crippen LogP contribution in [0.15, 0.2) is 0 Å². The third-order valence-electron chi connectivity index (χ3n) is 3.79. The first-order valence-corrected chi connectivity index (χ1v) is 7.05. The van der Waals surface area contributed by atoms with Crippen LogP contribution in [-0.2, 0) is 0 Å². The van der Waals surface area contributed by atoms with Crippen LogP contribution >= 0.6 is 0 Å². The minimum Gasteiger partial charge on any atom is -0.467 e. The lowest BCUT2D eigenvalue weighted by molar-refractivity contribution is 0.311. The molecule has 0 amide bonds. The van der Waals surface area contributed by atoms with Crippen molar-refractivity contribution in [3.8, 4) is 6.01 Å². The molecule has 1 aromatic rings. The molecule has 2 rings (SSSR count). The molecule has 1 aliphatic rings. The van der Waals surface area contributed by atoms with Crippen molar-refractivity contribution in [3.63, 3.8) is 0 Å². The Balaban J connectivity index is 2.06. The third-order valence-corrected chi connectivity index (χ3v) is 3.79. The molecule has 0 aliphatic heterocycles. The van der Waals surface area contributed by atoms with Gasteiger partial charge in [-0.15, -0.1) is 0 Å². The SMILES string of the molecule is CCC(Nc1nc(N)nc(OC)n1)C1CCCCC1. The number of methoxy groups -OCH3 is 1. The maximum absolute atomic E-state index is 5.65. The lowest BCUT2D eigenvalue weighted by Gasteiger charge is -2.30. The van der Waals surface area contributed by atoms with E-state index in [-0.39, 0.29) is 12.0 Å². The molecule has 0 aromatic carbocycles. The summed E-state index contributed by atoms with van der Waals surface area (Å²) >= 11 is 0. The summed E-state index contributed by atoms with van der Waals surface area (Å²) in [5.74, 6) is 1.40. The summed E-state index contributed by atoms with van der Waals surface area (Å²) in [5, 5.41) is 3.39. The van der Waals surface area contributed by atoms with E-state index in [9.17, 15) is 0 Å². The zero-order chi connectivity index (χ0) is 13.7. The van der Waals surface area contributed by atoms with E-state index < -0.39 is 0 Å². The van der Waals surface area contributed by atoms with Gasteiger partial charge in [-0.1, -0.05) is 26.2 Å². The second kappa shape index (κ2) is 6.54. The fourth-order valence-electron chi connectivity index (χ4n) is 2.78. The summed E-state index contributed by atoms with van der Waals surface area (Å²) in [4.78, 5) is 12.2. The van der Waals surface area contributed by atoms with Crippen molar-refractivity contribution in [1.29, 1.82) is 0 Å². The van der Waals surface area contributed by atoms with Crippen LogP contribution in [0.2, 0.25) is 0 Å². The molecule has 1 saturated carbocycles. The van der Waals surface area contributed by atoms with E-state index >= 15 is 0 Å². The molecule has 6 heteroatoms. The van der Waals surface area contributed by atoms with Gasteiger partial charge in [0.25, 0.3) is 0 Å². The van der Waals surface area contributed by atoms with Gasteiger partial charge in [0.15, 0.2) is 0 Å². The van der Waals surface area contributed by atoms with Crippen molar-refractivity contribution in [2.75, 3.05) is 18.2 Å². The number of nitrogens with one attached hydrogen (secondary N) is 1. The van der Waals surface area contributed by atoms with Gasteiger partial charge in [0.1, 0.15) is 0 Å². The molecule has 0 radical (unpaired) electrons. The topological polar surface area (TPSA) is 86.0 Å². The van der Waals surface area contributed by atoms with Crippen LogP contribution < -0.4 is 15.8 Å². The number of aromatic nitrogens is 3. The molecule has 0 saturated heterocycles. The Kier molecular flexibility index (Phi) is 4.76. The van der Waals surface area contributed by atoms with Gasteiger partial charge in [-0.2, -0.15) is 15.0 Å². The first kappa shape index (κ1) is 13.8. The van der Waals surface area contributed by atoms with Gasteiger partial charge < -0.3 is 15.8 Å². The Morgan fingerprint density at radius 2 is 2.00 bits per heavy atom. The standard InChI is InChI=1S/C13H23N5O/c1-3-10(9-7-5-4-6-8-9)15-12-16-11(14)17-13(18-12)19-2/h9-10H,3-8H2,1-2H3,(H3,14,15,16,17,18). The van der Waals surface area contributed by atoms with E-state index in [2.05, 4.69) is 27.2 Å². The fourth-order valence-corrected chi connectivity index (χ4v) is 2.78. The maximum Gasteiger partial charge on any atom is 0.322 e. The van der Waals surface area contributed by atoms with Crippen LogP contribution in [0, 0.1) is 5.92 Å². The van der Waals surface area contributed by atoms with Gasteiger partial charge >= 0.3 is 6.01 Å². The number of anilines is 2. The van der Waals surface area contributed by atoms with Crippen LogP contribution in [0.4, 0.5) is 11.9 Å². The number of ether oxygens (including phenoxy) is 1. The Morgan fingerprint density at radius 3 is 2.63 bits per heavy atom. The zero-order valence-corrected chi connectivity index (χ0v) is 11.7. The first-order chi connectivity index (χ1) is 9.22. The lowest BCUT2D eigenvalue weighted by atomic mass is 9.83. The van der Waals surface area contributed by atoms with Crippen molar-refractivity contribution >= 4 is 11.9 Å². The van der Waals surface area contributed by atoms with Gasteiger partial charge in [0.2, 0.25) is 11.9 Å². The van der Waals surface area contributed by atoms with Crippen LogP contribution in [-0.4, -0.2) is 28.1 Å². The minimum atomic E-state index is 0.188. The van der Waals surface area contributed by atoms with Gasteiger partial charge in [0, 0.05) is 6.04 Å². The van der Waals surface area contributed by atoms with E-state index in [4.69, 9.17) is 10.5 Å². The van der Waals surface area contributed by atoms with Gasteiger partial charge in [0.05, 0.1) is 7.11 Å². The van der Waals surface area contributed by atoms with E-state index in [0.717, 1.165) is 6.42 Å². The van der Waals surface area contributed by atoms with E-state index in [0.29, 0.717) is 17.9 Å². The van der Waals surface area contributed by atoms with Gasteiger partial charge in [-0.3, -0.25) is 0 Å². The highest BCUT2D eigenvalue weighted by Crippen LogP contribution is 2.29. The highest BCUT2D eigenvalue weighted by atomic mass is 16.5. The lowest BCUT2D eigenvalue weighted by Crippen LogP contribution is -2.31. The van der Waals surface area contributed by atoms with Crippen molar-refractivity contribution in [2.45, 2.75) is 51.5 Å². The van der Waals surface area contributed by atoms with Crippen molar-refractivity contribution in [3.05, 3.63) is 0 Å². The van der Waals surface area contributed by atoms with Crippen LogP contribution in [0.5, 0.6) is 6.01 Å². The number of rotatable bonds is 5. The predicted molar refractivity (Wildman–Crippen MR) is 75.1 cm³/mol. The molecule has 1 aliphatic carbocycles. The number of nitrogens with zero attached hydrogens (tertiary/aromatic N) is 3. The smallest absolute Gasteiger partial charge is 0.322 e. The predicted octanol–water partition coefficient (Wildman–Crippen LogP) is 2.23. The Morgan fingerprint density at radius 1 is 1.26 bits per heavy atom. The molecule has 1 fully saturated rings. The summed E-state index contributed by atoms with van der Waals surface area (Å²) in [6, 6.07) is 0.653. The Labute approximate surface area is 114 Å². The molecular weight excluding hydrogens is 242 g/mol. The molecule has 0 spiro atoms. The summed E-state index contributed by atoms with van der Waals surface area (Å²) in [6.45, 7) is 2.19. The number of hydrogen-bond acceptors (Lipinski definition) is 6. The minimum absolute atomic E-state index is 0.188. The van der Waals surface area contributed by atoms with Crippen LogP contribution in [0.25, 0.3) is 0 Å².